The van der Waals surface area contributed by atoms with E-state index in [1.54, 1.807) is 17.0 Å². The fraction of sp³-hybridized carbons (Fsp3) is 0.714. The van der Waals surface area contributed by atoms with Crippen LogP contribution in [0.5, 0.6) is 0 Å². The molecule has 1 heterocycles. The number of hydrogen-bond acceptors (Lipinski definition) is 4. The van der Waals surface area contributed by atoms with Crippen molar-refractivity contribution in [1.29, 1.82) is 0 Å². The molecule has 1 N–H and O–H groups in total. The SMILES string of the molecule is CCCn1ccnc(NC2CCC(SCC)C2)c1=O. The molecule has 0 radical (unpaired) electrons. The molecule has 0 spiro atoms. The normalized spacial score (nSPS) is 22.6. The van der Waals surface area contributed by atoms with Crippen LogP contribution in [0.2, 0.25) is 0 Å². The lowest BCUT2D eigenvalue weighted by atomic mass is 10.2. The number of rotatable bonds is 6. The number of anilines is 1. The standard InChI is InChI=1S/C14H23N3OS/c1-3-8-17-9-7-15-13(14(17)18)16-11-5-6-12(10-11)19-4-2/h7,9,11-12H,3-6,8,10H2,1-2H3,(H,15,16). The van der Waals surface area contributed by atoms with Crippen molar-refractivity contribution in [2.45, 2.75) is 57.4 Å². The van der Waals surface area contributed by atoms with Crippen molar-refractivity contribution in [1.82, 2.24) is 9.55 Å². The lowest BCUT2D eigenvalue weighted by Gasteiger charge is -2.14. The van der Waals surface area contributed by atoms with Crippen LogP contribution >= 0.6 is 11.8 Å². The molecule has 2 unspecified atom stereocenters. The van der Waals surface area contributed by atoms with E-state index < -0.39 is 0 Å². The average Bonchev–Trinajstić information content (AvgIpc) is 2.83. The summed E-state index contributed by atoms with van der Waals surface area (Å²) in [6.07, 6.45) is 7.96. The number of hydrogen-bond donors (Lipinski definition) is 1. The molecule has 2 rings (SSSR count). The smallest absolute Gasteiger partial charge is 0.293 e. The third-order valence-electron chi connectivity index (χ3n) is 3.51. The summed E-state index contributed by atoms with van der Waals surface area (Å²) in [4.78, 5) is 16.4. The zero-order chi connectivity index (χ0) is 13.7. The van der Waals surface area contributed by atoms with Gasteiger partial charge in [0.05, 0.1) is 0 Å². The highest BCUT2D eigenvalue weighted by Crippen LogP contribution is 2.30. The number of thioether (sulfide) groups is 1. The fourth-order valence-corrected chi connectivity index (χ4v) is 3.76. The molecule has 19 heavy (non-hydrogen) atoms. The van der Waals surface area contributed by atoms with Gasteiger partial charge in [0.25, 0.3) is 5.56 Å². The van der Waals surface area contributed by atoms with E-state index in [1.807, 2.05) is 11.8 Å². The van der Waals surface area contributed by atoms with Crippen LogP contribution in [0.4, 0.5) is 5.82 Å². The fourth-order valence-electron chi connectivity index (χ4n) is 2.61. The highest BCUT2D eigenvalue weighted by Gasteiger charge is 2.25. The third kappa shape index (κ3) is 3.75. The van der Waals surface area contributed by atoms with Crippen LogP contribution in [-0.4, -0.2) is 26.6 Å². The van der Waals surface area contributed by atoms with Crippen molar-refractivity contribution >= 4 is 17.6 Å². The average molecular weight is 281 g/mol. The van der Waals surface area contributed by atoms with Crippen LogP contribution in [-0.2, 0) is 6.54 Å². The summed E-state index contributed by atoms with van der Waals surface area (Å²) in [7, 11) is 0. The summed E-state index contributed by atoms with van der Waals surface area (Å²) in [5, 5.41) is 4.08. The Morgan fingerprint density at radius 2 is 2.32 bits per heavy atom. The Morgan fingerprint density at radius 3 is 3.05 bits per heavy atom. The van der Waals surface area contributed by atoms with Gasteiger partial charge in [0.1, 0.15) is 0 Å². The molecule has 4 nitrogen and oxygen atoms in total. The molecule has 0 aliphatic heterocycles. The van der Waals surface area contributed by atoms with Crippen molar-refractivity contribution < 1.29 is 0 Å². The molecule has 1 aliphatic rings. The maximum Gasteiger partial charge on any atom is 0.293 e. The Hall–Kier alpha value is -0.970. The van der Waals surface area contributed by atoms with E-state index in [9.17, 15) is 4.79 Å². The molecule has 1 fully saturated rings. The maximum absolute atomic E-state index is 12.2. The van der Waals surface area contributed by atoms with Gasteiger partial charge in [-0.1, -0.05) is 13.8 Å². The van der Waals surface area contributed by atoms with Gasteiger partial charge in [-0.25, -0.2) is 4.98 Å². The van der Waals surface area contributed by atoms with Crippen molar-refractivity contribution in [2.75, 3.05) is 11.1 Å². The van der Waals surface area contributed by atoms with E-state index in [-0.39, 0.29) is 5.56 Å². The summed E-state index contributed by atoms with van der Waals surface area (Å²) >= 11 is 2.02. The zero-order valence-electron chi connectivity index (χ0n) is 11.8. The summed E-state index contributed by atoms with van der Waals surface area (Å²) in [5.74, 6) is 1.69. The third-order valence-corrected chi connectivity index (χ3v) is 4.74. The second-order valence-electron chi connectivity index (χ2n) is 5.01. The quantitative estimate of drug-likeness (QED) is 0.871. The van der Waals surface area contributed by atoms with E-state index in [2.05, 4.69) is 24.1 Å². The van der Waals surface area contributed by atoms with Gasteiger partial charge >= 0.3 is 0 Å². The monoisotopic (exact) mass is 281 g/mol. The summed E-state index contributed by atoms with van der Waals surface area (Å²) in [5.41, 5.74) is 0.0101. The second-order valence-corrected chi connectivity index (χ2v) is 6.58. The molecule has 5 heteroatoms. The van der Waals surface area contributed by atoms with Crippen molar-refractivity contribution in [3.8, 4) is 0 Å². The van der Waals surface area contributed by atoms with Crippen LogP contribution in [0.3, 0.4) is 0 Å². The Balaban J connectivity index is 2.00. The van der Waals surface area contributed by atoms with Gasteiger partial charge in [-0.05, 0) is 31.4 Å². The molecule has 0 saturated heterocycles. The number of aromatic nitrogens is 2. The van der Waals surface area contributed by atoms with Gasteiger partial charge in [0.15, 0.2) is 5.82 Å². The molecule has 1 saturated carbocycles. The van der Waals surface area contributed by atoms with Crippen LogP contribution in [0.25, 0.3) is 0 Å². The van der Waals surface area contributed by atoms with Crippen LogP contribution in [0.15, 0.2) is 17.2 Å². The van der Waals surface area contributed by atoms with Gasteiger partial charge in [-0.15, -0.1) is 0 Å². The molecule has 0 aromatic carbocycles. The maximum atomic E-state index is 12.2. The first-order valence-electron chi connectivity index (χ1n) is 7.18. The highest BCUT2D eigenvalue weighted by molar-refractivity contribution is 7.99. The molecule has 106 valence electrons. The number of nitrogens with one attached hydrogen (secondary N) is 1. The largest absolute Gasteiger partial charge is 0.363 e. The van der Waals surface area contributed by atoms with Crippen LogP contribution in [0.1, 0.15) is 39.5 Å². The lowest BCUT2D eigenvalue weighted by molar-refractivity contribution is 0.645. The zero-order valence-corrected chi connectivity index (χ0v) is 12.6. The van der Waals surface area contributed by atoms with Gasteiger partial charge in [-0.3, -0.25) is 4.79 Å². The van der Waals surface area contributed by atoms with Crippen LogP contribution < -0.4 is 10.9 Å². The van der Waals surface area contributed by atoms with E-state index in [1.165, 1.54) is 12.2 Å². The molecule has 1 aromatic rings. The van der Waals surface area contributed by atoms with Gasteiger partial charge in [0.2, 0.25) is 0 Å². The van der Waals surface area contributed by atoms with E-state index in [4.69, 9.17) is 0 Å². The first kappa shape index (κ1) is 14.4. The minimum Gasteiger partial charge on any atom is -0.363 e. The highest BCUT2D eigenvalue weighted by atomic mass is 32.2. The molecule has 1 aliphatic carbocycles. The predicted octanol–water partition coefficient (Wildman–Crippen LogP) is 2.74. The van der Waals surface area contributed by atoms with E-state index in [0.717, 1.165) is 31.1 Å². The van der Waals surface area contributed by atoms with E-state index >= 15 is 0 Å². The number of aryl methyl sites for hydroxylation is 1. The minimum absolute atomic E-state index is 0.0101. The Bertz CT molecular complexity index is 460. The molecule has 0 amide bonds. The van der Waals surface area contributed by atoms with Crippen molar-refractivity contribution in [2.24, 2.45) is 0 Å². The minimum atomic E-state index is 0.0101. The molecular weight excluding hydrogens is 258 g/mol. The lowest BCUT2D eigenvalue weighted by Crippen LogP contribution is -2.28. The van der Waals surface area contributed by atoms with E-state index in [0.29, 0.717) is 11.9 Å². The molecular formula is C14H23N3OS. The van der Waals surface area contributed by atoms with Gasteiger partial charge in [-0.2, -0.15) is 11.8 Å². The van der Waals surface area contributed by atoms with Gasteiger partial charge < -0.3 is 9.88 Å². The summed E-state index contributed by atoms with van der Waals surface area (Å²) < 4.78 is 1.74. The Morgan fingerprint density at radius 1 is 1.47 bits per heavy atom. The van der Waals surface area contributed by atoms with Crippen LogP contribution in [0, 0.1) is 0 Å². The molecule has 1 aromatic heterocycles. The Kier molecular flexibility index (Phi) is 5.31. The molecule has 2 atom stereocenters. The van der Waals surface area contributed by atoms with Gasteiger partial charge in [0, 0.05) is 30.2 Å². The second kappa shape index (κ2) is 6.98. The first-order valence-corrected chi connectivity index (χ1v) is 8.23. The molecule has 0 bridgehead atoms. The van der Waals surface area contributed by atoms with Crippen molar-refractivity contribution in [3.63, 3.8) is 0 Å². The predicted molar refractivity (Wildman–Crippen MR) is 82.0 cm³/mol. The first-order chi connectivity index (χ1) is 9.24. The summed E-state index contributed by atoms with van der Waals surface area (Å²) in [6, 6.07) is 0.404. The number of nitrogens with zero attached hydrogens (tertiary/aromatic N) is 2. The summed E-state index contributed by atoms with van der Waals surface area (Å²) in [6.45, 7) is 5.03. The Labute approximate surface area is 119 Å². The topological polar surface area (TPSA) is 46.9 Å². The van der Waals surface area contributed by atoms with Crippen molar-refractivity contribution in [3.05, 3.63) is 22.7 Å².